The topological polar surface area (TPSA) is 64.6 Å². The van der Waals surface area contributed by atoms with Crippen molar-refractivity contribution in [1.29, 1.82) is 0 Å². The van der Waals surface area contributed by atoms with Crippen molar-refractivity contribution in [2.24, 2.45) is 11.8 Å². The Bertz CT molecular complexity index is 393. The second-order valence-electron chi connectivity index (χ2n) is 6.69. The number of aliphatic hydroxyl groups excluding tert-OH is 1. The van der Waals surface area contributed by atoms with E-state index < -0.39 is 12.7 Å². The third-order valence-electron chi connectivity index (χ3n) is 4.78. The van der Waals surface area contributed by atoms with Crippen molar-refractivity contribution in [1.82, 2.24) is 15.5 Å². The summed E-state index contributed by atoms with van der Waals surface area (Å²) in [5, 5.41) is 15.0. The van der Waals surface area contributed by atoms with Crippen molar-refractivity contribution >= 4 is 6.03 Å². The molecule has 0 aromatic heterocycles. The summed E-state index contributed by atoms with van der Waals surface area (Å²) in [4.78, 5) is 13.3. The van der Waals surface area contributed by atoms with Crippen LogP contribution in [0.4, 0.5) is 18.0 Å². The van der Waals surface area contributed by atoms with Gasteiger partial charge in [0.1, 0.15) is 0 Å². The average molecular weight is 337 g/mol. The van der Waals surface area contributed by atoms with Gasteiger partial charge in [-0.2, -0.15) is 13.2 Å². The summed E-state index contributed by atoms with van der Waals surface area (Å²) in [6.45, 7) is 0.359. The van der Waals surface area contributed by atoms with Gasteiger partial charge in [0.25, 0.3) is 0 Å². The lowest BCUT2D eigenvalue weighted by Crippen LogP contribution is -2.48. The van der Waals surface area contributed by atoms with Crippen LogP contribution in [-0.2, 0) is 0 Å². The predicted molar refractivity (Wildman–Crippen MR) is 80.0 cm³/mol. The normalized spacial score (nSPS) is 29.5. The van der Waals surface area contributed by atoms with Crippen molar-refractivity contribution in [2.45, 2.75) is 44.3 Å². The van der Waals surface area contributed by atoms with Gasteiger partial charge in [-0.15, -0.1) is 0 Å². The van der Waals surface area contributed by atoms with E-state index in [1.54, 1.807) is 0 Å². The molecule has 2 amide bonds. The van der Waals surface area contributed by atoms with E-state index in [4.69, 9.17) is 0 Å². The summed E-state index contributed by atoms with van der Waals surface area (Å²) in [6.07, 6.45) is 0.384. The number of carbonyl (C=O) groups excluding carboxylic acids is 1. The van der Waals surface area contributed by atoms with Gasteiger partial charge in [0, 0.05) is 31.7 Å². The Morgan fingerprint density at radius 3 is 2.65 bits per heavy atom. The molecule has 0 bridgehead atoms. The fourth-order valence-corrected chi connectivity index (χ4v) is 3.55. The highest BCUT2D eigenvalue weighted by molar-refractivity contribution is 5.74. The molecule has 1 aliphatic carbocycles. The number of hydrogen-bond donors (Lipinski definition) is 3. The quantitative estimate of drug-likeness (QED) is 0.716. The van der Waals surface area contributed by atoms with Crippen molar-refractivity contribution in [3.63, 3.8) is 0 Å². The number of rotatable bonds is 5. The number of nitrogens with one attached hydrogen (secondary N) is 2. The van der Waals surface area contributed by atoms with Crippen LogP contribution in [0.1, 0.15) is 32.1 Å². The summed E-state index contributed by atoms with van der Waals surface area (Å²) in [6, 6.07) is -0.302. The molecule has 1 saturated carbocycles. The minimum atomic E-state index is -4.17. The van der Waals surface area contributed by atoms with E-state index in [0.717, 1.165) is 25.7 Å². The Kier molecular flexibility index (Phi) is 6.52. The van der Waals surface area contributed by atoms with Crippen LogP contribution >= 0.6 is 0 Å². The Hall–Kier alpha value is -1.02. The zero-order valence-electron chi connectivity index (χ0n) is 13.2. The standard InChI is InChI=1S/C15H26F3N3O2/c16-15(17,18)10-21-6-5-11(8-21)7-19-14(23)20-13-4-2-1-3-12(13)9-22/h11-13,22H,1-10H2,(H2,19,20,23). The number of amides is 2. The molecule has 5 nitrogen and oxygen atoms in total. The number of carbonyl (C=O) groups is 1. The number of aliphatic hydroxyl groups is 1. The van der Waals surface area contributed by atoms with Gasteiger partial charge in [-0.05, 0) is 31.7 Å². The van der Waals surface area contributed by atoms with E-state index >= 15 is 0 Å². The van der Waals surface area contributed by atoms with Crippen LogP contribution < -0.4 is 10.6 Å². The van der Waals surface area contributed by atoms with Gasteiger partial charge in [0.05, 0.1) is 6.54 Å². The first-order valence-electron chi connectivity index (χ1n) is 8.31. The Morgan fingerprint density at radius 1 is 1.22 bits per heavy atom. The molecule has 2 fully saturated rings. The summed E-state index contributed by atoms with van der Waals surface area (Å²) >= 11 is 0. The van der Waals surface area contributed by atoms with Crippen LogP contribution in [0.2, 0.25) is 0 Å². The molecular weight excluding hydrogens is 311 g/mol. The molecule has 1 saturated heterocycles. The van der Waals surface area contributed by atoms with E-state index in [0.29, 0.717) is 26.1 Å². The Balaban J connectivity index is 1.67. The Labute approximate surface area is 134 Å². The SMILES string of the molecule is O=C(NCC1CCN(CC(F)(F)F)C1)NC1CCCCC1CO. The first-order chi connectivity index (χ1) is 10.9. The molecule has 3 N–H and O–H groups in total. The second kappa shape index (κ2) is 8.19. The van der Waals surface area contributed by atoms with Crippen molar-refractivity contribution in [2.75, 3.05) is 32.8 Å². The largest absolute Gasteiger partial charge is 0.401 e. The number of nitrogens with zero attached hydrogens (tertiary/aromatic N) is 1. The highest BCUT2D eigenvalue weighted by atomic mass is 19.4. The number of halogens is 3. The number of urea groups is 1. The highest BCUT2D eigenvalue weighted by Crippen LogP contribution is 2.24. The highest BCUT2D eigenvalue weighted by Gasteiger charge is 2.34. The summed E-state index contributed by atoms with van der Waals surface area (Å²) in [5.41, 5.74) is 0. The third kappa shape index (κ3) is 6.18. The van der Waals surface area contributed by atoms with E-state index in [1.807, 2.05) is 0 Å². The molecule has 23 heavy (non-hydrogen) atoms. The van der Waals surface area contributed by atoms with Crippen molar-refractivity contribution in [3.05, 3.63) is 0 Å². The smallest absolute Gasteiger partial charge is 0.396 e. The number of likely N-dealkylation sites (tertiary alicyclic amines) is 1. The van der Waals surface area contributed by atoms with Crippen LogP contribution in [0.15, 0.2) is 0 Å². The van der Waals surface area contributed by atoms with Gasteiger partial charge >= 0.3 is 12.2 Å². The summed E-state index contributed by atoms with van der Waals surface area (Å²) in [7, 11) is 0. The third-order valence-corrected chi connectivity index (χ3v) is 4.78. The first-order valence-corrected chi connectivity index (χ1v) is 8.31. The molecule has 1 heterocycles. The lowest BCUT2D eigenvalue weighted by atomic mass is 9.85. The molecule has 0 aromatic rings. The lowest BCUT2D eigenvalue weighted by Gasteiger charge is -2.31. The van der Waals surface area contributed by atoms with Crippen molar-refractivity contribution < 1.29 is 23.1 Å². The van der Waals surface area contributed by atoms with Gasteiger partial charge < -0.3 is 15.7 Å². The number of alkyl halides is 3. The molecule has 2 aliphatic rings. The van der Waals surface area contributed by atoms with Crippen molar-refractivity contribution in [3.8, 4) is 0 Å². The number of hydrogen-bond acceptors (Lipinski definition) is 3. The molecular formula is C15H26F3N3O2. The molecule has 3 atom stereocenters. The maximum absolute atomic E-state index is 12.3. The summed E-state index contributed by atoms with van der Waals surface area (Å²) < 4.78 is 37.0. The average Bonchev–Trinajstić information content (AvgIpc) is 2.91. The van der Waals surface area contributed by atoms with Crippen LogP contribution in [0, 0.1) is 11.8 Å². The zero-order chi connectivity index (χ0) is 16.9. The molecule has 3 unspecified atom stereocenters. The van der Waals surface area contributed by atoms with E-state index in [2.05, 4.69) is 10.6 Å². The monoisotopic (exact) mass is 337 g/mol. The fraction of sp³-hybridized carbons (Fsp3) is 0.933. The summed E-state index contributed by atoms with van der Waals surface area (Å²) in [5.74, 6) is 0.159. The van der Waals surface area contributed by atoms with E-state index in [9.17, 15) is 23.1 Å². The maximum Gasteiger partial charge on any atom is 0.401 e. The van der Waals surface area contributed by atoms with Gasteiger partial charge in [0.15, 0.2) is 0 Å². The fourth-order valence-electron chi connectivity index (χ4n) is 3.55. The molecule has 8 heteroatoms. The molecule has 1 aliphatic heterocycles. The minimum Gasteiger partial charge on any atom is -0.396 e. The van der Waals surface area contributed by atoms with Gasteiger partial charge in [0.2, 0.25) is 0 Å². The maximum atomic E-state index is 12.3. The molecule has 0 spiro atoms. The van der Waals surface area contributed by atoms with Crippen LogP contribution in [0.3, 0.4) is 0 Å². The minimum absolute atomic E-state index is 0.0148. The van der Waals surface area contributed by atoms with Crippen LogP contribution in [0.25, 0.3) is 0 Å². The van der Waals surface area contributed by atoms with E-state index in [-0.39, 0.29) is 30.5 Å². The molecule has 0 radical (unpaired) electrons. The lowest BCUT2D eigenvalue weighted by molar-refractivity contribution is -0.143. The first kappa shape index (κ1) is 18.3. The predicted octanol–water partition coefficient (Wildman–Crippen LogP) is 1.72. The molecule has 134 valence electrons. The Morgan fingerprint density at radius 2 is 1.96 bits per heavy atom. The van der Waals surface area contributed by atoms with Gasteiger partial charge in [-0.3, -0.25) is 4.90 Å². The van der Waals surface area contributed by atoms with Gasteiger partial charge in [-0.1, -0.05) is 12.8 Å². The van der Waals surface area contributed by atoms with Crippen LogP contribution in [0.5, 0.6) is 0 Å². The van der Waals surface area contributed by atoms with Gasteiger partial charge in [-0.25, -0.2) is 4.79 Å². The second-order valence-corrected chi connectivity index (χ2v) is 6.69. The van der Waals surface area contributed by atoms with Crippen LogP contribution in [-0.4, -0.2) is 61.0 Å². The van der Waals surface area contributed by atoms with E-state index in [1.165, 1.54) is 4.90 Å². The zero-order valence-corrected chi connectivity index (χ0v) is 13.2. The molecule has 0 aromatic carbocycles. The molecule has 2 rings (SSSR count).